The highest BCUT2D eigenvalue weighted by Gasteiger charge is 2.09. The summed E-state index contributed by atoms with van der Waals surface area (Å²) in [7, 11) is -3.16. The lowest BCUT2D eigenvalue weighted by Crippen LogP contribution is -2.35. The van der Waals surface area contributed by atoms with Crippen LogP contribution in [0.2, 0.25) is 0 Å². The molecule has 1 aromatic rings. The third-order valence-corrected chi connectivity index (χ3v) is 3.89. The summed E-state index contributed by atoms with van der Waals surface area (Å²) in [5.74, 6) is 0.125. The number of benzene rings is 1. The van der Waals surface area contributed by atoms with Gasteiger partial charge in [-0.05, 0) is 12.0 Å². The Labute approximate surface area is 110 Å². The summed E-state index contributed by atoms with van der Waals surface area (Å²) < 4.78 is 25.9. The van der Waals surface area contributed by atoms with Crippen LogP contribution < -0.4 is 10.0 Å². The molecule has 0 atom stereocenters. The molecule has 0 aliphatic rings. The Hall–Kier alpha value is -0.910. The van der Waals surface area contributed by atoms with Gasteiger partial charge < -0.3 is 5.32 Å². The fourth-order valence-corrected chi connectivity index (χ4v) is 2.49. The molecule has 0 saturated heterocycles. The maximum Gasteiger partial charge on any atom is 0.212 e. The first-order valence-electron chi connectivity index (χ1n) is 6.24. The molecule has 0 fully saturated rings. The zero-order chi connectivity index (χ0) is 13.4. The molecule has 0 spiro atoms. The van der Waals surface area contributed by atoms with Crippen LogP contribution in [0.15, 0.2) is 30.3 Å². The van der Waals surface area contributed by atoms with Crippen molar-refractivity contribution in [2.24, 2.45) is 0 Å². The molecule has 0 amide bonds. The van der Waals surface area contributed by atoms with E-state index in [0.717, 1.165) is 12.0 Å². The molecular weight excluding hydrogens is 248 g/mol. The summed E-state index contributed by atoms with van der Waals surface area (Å²) in [5, 5.41) is 3.09. The monoisotopic (exact) mass is 270 g/mol. The molecule has 5 heteroatoms. The average molecular weight is 270 g/mol. The highest BCUT2D eigenvalue weighted by Crippen LogP contribution is 1.98. The number of rotatable bonds is 8. The van der Waals surface area contributed by atoms with E-state index in [-0.39, 0.29) is 5.75 Å². The molecule has 2 N–H and O–H groups in total. The lowest BCUT2D eigenvalue weighted by molar-refractivity contribution is 0.567. The average Bonchev–Trinajstić information content (AvgIpc) is 2.29. The van der Waals surface area contributed by atoms with Crippen molar-refractivity contribution in [2.45, 2.75) is 26.3 Å². The molecule has 18 heavy (non-hydrogen) atoms. The standard InChI is InChI=1S/C13H22N2O2S/c1-12(2)14-10-11-18(16,17)15-9-8-13-6-4-3-5-7-13/h3-7,12,14-15H,8-11H2,1-2H3. The lowest BCUT2D eigenvalue weighted by Gasteiger charge is -2.09. The van der Waals surface area contributed by atoms with Crippen molar-refractivity contribution in [1.29, 1.82) is 0 Å². The molecule has 0 unspecified atom stereocenters. The van der Waals surface area contributed by atoms with Crippen molar-refractivity contribution in [1.82, 2.24) is 10.0 Å². The van der Waals surface area contributed by atoms with Gasteiger partial charge in [0.25, 0.3) is 0 Å². The van der Waals surface area contributed by atoms with Crippen molar-refractivity contribution in [2.75, 3.05) is 18.8 Å². The van der Waals surface area contributed by atoms with Crippen LogP contribution in [0.5, 0.6) is 0 Å². The van der Waals surface area contributed by atoms with Gasteiger partial charge in [-0.25, -0.2) is 13.1 Å². The molecule has 0 saturated carbocycles. The summed E-state index contributed by atoms with van der Waals surface area (Å²) in [4.78, 5) is 0. The Morgan fingerprint density at radius 3 is 2.39 bits per heavy atom. The Morgan fingerprint density at radius 2 is 1.78 bits per heavy atom. The highest BCUT2D eigenvalue weighted by atomic mass is 32.2. The topological polar surface area (TPSA) is 58.2 Å². The van der Waals surface area contributed by atoms with Crippen LogP contribution in [-0.4, -0.2) is 33.3 Å². The van der Waals surface area contributed by atoms with Gasteiger partial charge in [-0.2, -0.15) is 0 Å². The predicted molar refractivity (Wildman–Crippen MR) is 75.1 cm³/mol. The first kappa shape index (κ1) is 15.1. The van der Waals surface area contributed by atoms with E-state index in [0.29, 0.717) is 19.1 Å². The van der Waals surface area contributed by atoms with Crippen LogP contribution in [0.4, 0.5) is 0 Å². The molecule has 0 aromatic heterocycles. The molecule has 0 heterocycles. The molecule has 4 nitrogen and oxygen atoms in total. The third kappa shape index (κ3) is 6.74. The van der Waals surface area contributed by atoms with Crippen molar-refractivity contribution in [3.05, 3.63) is 35.9 Å². The van der Waals surface area contributed by atoms with E-state index in [1.165, 1.54) is 0 Å². The summed E-state index contributed by atoms with van der Waals surface area (Å²) in [6.45, 7) is 4.93. The van der Waals surface area contributed by atoms with E-state index in [1.807, 2.05) is 44.2 Å². The number of nitrogens with one attached hydrogen (secondary N) is 2. The quantitative estimate of drug-likeness (QED) is 0.745. The van der Waals surface area contributed by atoms with Gasteiger partial charge in [0.1, 0.15) is 0 Å². The number of hydrogen-bond donors (Lipinski definition) is 2. The van der Waals surface area contributed by atoms with E-state index < -0.39 is 10.0 Å². The van der Waals surface area contributed by atoms with E-state index >= 15 is 0 Å². The molecule has 0 aliphatic carbocycles. The Kier molecular flexibility index (Phi) is 6.32. The minimum Gasteiger partial charge on any atom is -0.313 e. The van der Waals surface area contributed by atoms with Crippen molar-refractivity contribution in [3.8, 4) is 0 Å². The van der Waals surface area contributed by atoms with Crippen molar-refractivity contribution < 1.29 is 8.42 Å². The minimum absolute atomic E-state index is 0.125. The van der Waals surface area contributed by atoms with Crippen molar-refractivity contribution in [3.63, 3.8) is 0 Å². The van der Waals surface area contributed by atoms with Crippen LogP contribution in [0.3, 0.4) is 0 Å². The molecule has 1 rings (SSSR count). The first-order chi connectivity index (χ1) is 8.49. The van der Waals surface area contributed by atoms with E-state index in [4.69, 9.17) is 0 Å². The fourth-order valence-electron chi connectivity index (χ4n) is 1.55. The Morgan fingerprint density at radius 1 is 1.11 bits per heavy atom. The second-order valence-electron chi connectivity index (χ2n) is 4.56. The van der Waals surface area contributed by atoms with Gasteiger partial charge in [0.15, 0.2) is 0 Å². The molecule has 0 aliphatic heterocycles. The van der Waals surface area contributed by atoms with Crippen molar-refractivity contribution >= 4 is 10.0 Å². The van der Waals surface area contributed by atoms with Gasteiger partial charge in [0.2, 0.25) is 10.0 Å². The van der Waals surface area contributed by atoms with Crippen LogP contribution >= 0.6 is 0 Å². The van der Waals surface area contributed by atoms with Crippen LogP contribution in [0.1, 0.15) is 19.4 Å². The maximum absolute atomic E-state index is 11.7. The zero-order valence-corrected chi connectivity index (χ0v) is 11.8. The summed E-state index contributed by atoms with van der Waals surface area (Å²) in [6.07, 6.45) is 0.720. The normalized spacial score (nSPS) is 11.9. The largest absolute Gasteiger partial charge is 0.313 e. The lowest BCUT2D eigenvalue weighted by atomic mass is 10.2. The first-order valence-corrected chi connectivity index (χ1v) is 7.89. The molecule has 0 radical (unpaired) electrons. The third-order valence-electron chi connectivity index (χ3n) is 2.50. The molecule has 1 aromatic carbocycles. The van der Waals surface area contributed by atoms with Gasteiger partial charge in [0, 0.05) is 19.1 Å². The predicted octanol–water partition coefficient (Wildman–Crippen LogP) is 1.15. The van der Waals surface area contributed by atoms with Crippen LogP contribution in [0.25, 0.3) is 0 Å². The molecule has 0 bridgehead atoms. The summed E-state index contributed by atoms with van der Waals surface area (Å²) >= 11 is 0. The summed E-state index contributed by atoms with van der Waals surface area (Å²) in [5.41, 5.74) is 1.14. The van der Waals surface area contributed by atoms with Gasteiger partial charge in [-0.15, -0.1) is 0 Å². The Balaban J connectivity index is 2.25. The Bertz CT molecular complexity index is 430. The van der Waals surface area contributed by atoms with Gasteiger partial charge in [-0.1, -0.05) is 44.2 Å². The van der Waals surface area contributed by atoms with Gasteiger partial charge >= 0.3 is 0 Å². The van der Waals surface area contributed by atoms with Crippen LogP contribution in [-0.2, 0) is 16.4 Å². The second kappa shape index (κ2) is 7.51. The van der Waals surface area contributed by atoms with E-state index in [9.17, 15) is 8.42 Å². The second-order valence-corrected chi connectivity index (χ2v) is 6.48. The number of hydrogen-bond acceptors (Lipinski definition) is 3. The smallest absolute Gasteiger partial charge is 0.212 e. The van der Waals surface area contributed by atoms with Gasteiger partial charge in [-0.3, -0.25) is 0 Å². The fraction of sp³-hybridized carbons (Fsp3) is 0.538. The maximum atomic E-state index is 11.7. The van der Waals surface area contributed by atoms with E-state index in [2.05, 4.69) is 10.0 Å². The zero-order valence-electron chi connectivity index (χ0n) is 11.0. The highest BCUT2D eigenvalue weighted by molar-refractivity contribution is 7.89. The molecule has 102 valence electrons. The minimum atomic E-state index is -3.16. The molecular formula is C13H22N2O2S. The number of sulfonamides is 1. The summed E-state index contributed by atoms with van der Waals surface area (Å²) in [6, 6.07) is 10.2. The van der Waals surface area contributed by atoms with E-state index in [1.54, 1.807) is 0 Å². The van der Waals surface area contributed by atoms with Gasteiger partial charge in [0.05, 0.1) is 5.75 Å². The SMILES string of the molecule is CC(C)NCCS(=O)(=O)NCCc1ccccc1. The van der Waals surface area contributed by atoms with Crippen LogP contribution in [0, 0.1) is 0 Å².